The van der Waals surface area contributed by atoms with Gasteiger partial charge in [-0.15, -0.1) is 0 Å². The van der Waals surface area contributed by atoms with Gasteiger partial charge in [0.2, 0.25) is 5.88 Å². The van der Waals surface area contributed by atoms with Gasteiger partial charge in [-0.1, -0.05) is 18.6 Å². The van der Waals surface area contributed by atoms with Crippen molar-refractivity contribution in [2.24, 2.45) is 0 Å². The molecule has 2 rings (SSSR count). The van der Waals surface area contributed by atoms with E-state index in [-0.39, 0.29) is 0 Å². The van der Waals surface area contributed by atoms with E-state index in [1.807, 2.05) is 18.3 Å². The molecule has 92 valence electrons. The molecule has 0 saturated heterocycles. The van der Waals surface area contributed by atoms with Crippen molar-refractivity contribution in [2.75, 3.05) is 13.7 Å². The standard InChI is InChI=1S/C14H20N2O/c1-3-11(9-15-13-5-6-13)8-12-4-7-14(17-2)16-10-12/h4,7-8,10,13,15H,3,5-6,9H2,1-2H3/b11-8-. The molecule has 0 amide bonds. The molecule has 1 heterocycles. The highest BCUT2D eigenvalue weighted by atomic mass is 16.5. The first-order valence-corrected chi connectivity index (χ1v) is 6.24. The van der Waals surface area contributed by atoms with Crippen LogP contribution in [0.4, 0.5) is 0 Å². The van der Waals surface area contributed by atoms with E-state index in [0.717, 1.165) is 24.6 Å². The lowest BCUT2D eigenvalue weighted by atomic mass is 10.1. The molecule has 1 aliphatic carbocycles. The molecule has 0 radical (unpaired) electrons. The first-order valence-electron chi connectivity index (χ1n) is 6.24. The normalized spacial score (nSPS) is 16.0. The van der Waals surface area contributed by atoms with Crippen molar-refractivity contribution < 1.29 is 4.74 Å². The SMILES string of the molecule is CC/C(=C/c1ccc(OC)nc1)CNC1CC1. The van der Waals surface area contributed by atoms with Crippen LogP contribution in [0.25, 0.3) is 6.08 Å². The van der Waals surface area contributed by atoms with E-state index in [9.17, 15) is 0 Å². The van der Waals surface area contributed by atoms with E-state index in [4.69, 9.17) is 4.74 Å². The number of hydrogen-bond donors (Lipinski definition) is 1. The van der Waals surface area contributed by atoms with Gasteiger partial charge in [0.15, 0.2) is 0 Å². The Morgan fingerprint density at radius 3 is 2.88 bits per heavy atom. The van der Waals surface area contributed by atoms with Gasteiger partial charge in [0.25, 0.3) is 0 Å². The van der Waals surface area contributed by atoms with Gasteiger partial charge in [0, 0.05) is 24.8 Å². The fourth-order valence-corrected chi connectivity index (χ4v) is 1.67. The average Bonchev–Trinajstić information content (AvgIpc) is 3.19. The van der Waals surface area contributed by atoms with Gasteiger partial charge in [0.1, 0.15) is 0 Å². The third-order valence-electron chi connectivity index (χ3n) is 2.99. The summed E-state index contributed by atoms with van der Waals surface area (Å²) in [4.78, 5) is 4.20. The molecule has 0 aliphatic heterocycles. The lowest BCUT2D eigenvalue weighted by Crippen LogP contribution is -2.18. The molecule has 1 N–H and O–H groups in total. The molecule has 1 aliphatic rings. The Hall–Kier alpha value is -1.35. The molecule has 1 saturated carbocycles. The minimum absolute atomic E-state index is 0.663. The van der Waals surface area contributed by atoms with Crippen LogP contribution >= 0.6 is 0 Å². The van der Waals surface area contributed by atoms with Gasteiger partial charge in [-0.3, -0.25) is 0 Å². The Bertz CT molecular complexity index is 380. The van der Waals surface area contributed by atoms with Crippen LogP contribution in [0.5, 0.6) is 5.88 Å². The molecule has 0 unspecified atom stereocenters. The first kappa shape index (κ1) is 12.1. The largest absolute Gasteiger partial charge is 0.481 e. The monoisotopic (exact) mass is 232 g/mol. The smallest absolute Gasteiger partial charge is 0.212 e. The van der Waals surface area contributed by atoms with Crippen LogP contribution in [0, 0.1) is 0 Å². The quantitative estimate of drug-likeness (QED) is 0.818. The van der Waals surface area contributed by atoms with Gasteiger partial charge in [-0.25, -0.2) is 4.98 Å². The van der Waals surface area contributed by atoms with Crippen LogP contribution in [0.15, 0.2) is 23.9 Å². The number of rotatable bonds is 6. The summed E-state index contributed by atoms with van der Waals surface area (Å²) >= 11 is 0. The number of methoxy groups -OCH3 is 1. The maximum absolute atomic E-state index is 5.04. The highest BCUT2D eigenvalue weighted by Gasteiger charge is 2.19. The molecule has 0 bridgehead atoms. The molecule has 17 heavy (non-hydrogen) atoms. The minimum Gasteiger partial charge on any atom is -0.481 e. The van der Waals surface area contributed by atoms with Crippen molar-refractivity contribution in [3.05, 3.63) is 29.5 Å². The van der Waals surface area contributed by atoms with Crippen LogP contribution in [0.2, 0.25) is 0 Å². The van der Waals surface area contributed by atoms with E-state index < -0.39 is 0 Å². The van der Waals surface area contributed by atoms with Gasteiger partial charge < -0.3 is 10.1 Å². The Morgan fingerprint density at radius 1 is 1.53 bits per heavy atom. The van der Waals surface area contributed by atoms with Crippen molar-refractivity contribution in [3.8, 4) is 5.88 Å². The van der Waals surface area contributed by atoms with Crippen LogP contribution in [-0.2, 0) is 0 Å². The average molecular weight is 232 g/mol. The van der Waals surface area contributed by atoms with E-state index in [2.05, 4.69) is 23.3 Å². The van der Waals surface area contributed by atoms with Crippen LogP contribution in [0.3, 0.4) is 0 Å². The predicted octanol–water partition coefficient (Wildman–Crippen LogP) is 2.64. The Kier molecular flexibility index (Phi) is 4.15. The maximum Gasteiger partial charge on any atom is 0.212 e. The van der Waals surface area contributed by atoms with Crippen LogP contribution in [0.1, 0.15) is 31.7 Å². The summed E-state index contributed by atoms with van der Waals surface area (Å²) in [5.41, 5.74) is 2.56. The van der Waals surface area contributed by atoms with Crippen LogP contribution < -0.4 is 10.1 Å². The third-order valence-corrected chi connectivity index (χ3v) is 2.99. The summed E-state index contributed by atoms with van der Waals surface area (Å²) in [5, 5.41) is 3.54. The molecule has 0 atom stereocenters. The first-order chi connectivity index (χ1) is 8.31. The Balaban J connectivity index is 1.97. The number of ether oxygens (including phenoxy) is 1. The summed E-state index contributed by atoms with van der Waals surface area (Å²) in [6, 6.07) is 4.70. The lowest BCUT2D eigenvalue weighted by Gasteiger charge is -2.06. The van der Waals surface area contributed by atoms with Gasteiger partial charge in [0.05, 0.1) is 7.11 Å². The van der Waals surface area contributed by atoms with Gasteiger partial charge >= 0.3 is 0 Å². The molecule has 1 aromatic rings. The summed E-state index contributed by atoms with van der Waals surface area (Å²) < 4.78 is 5.04. The van der Waals surface area contributed by atoms with E-state index >= 15 is 0 Å². The lowest BCUT2D eigenvalue weighted by molar-refractivity contribution is 0.398. The number of nitrogens with one attached hydrogen (secondary N) is 1. The van der Waals surface area contributed by atoms with E-state index in [0.29, 0.717) is 5.88 Å². The molecule has 1 fully saturated rings. The number of aromatic nitrogens is 1. The fraction of sp³-hybridized carbons (Fsp3) is 0.500. The van der Waals surface area contributed by atoms with Crippen LogP contribution in [-0.4, -0.2) is 24.7 Å². The molecular weight excluding hydrogens is 212 g/mol. The second kappa shape index (κ2) is 5.82. The van der Waals surface area contributed by atoms with Crippen molar-refractivity contribution in [2.45, 2.75) is 32.2 Å². The van der Waals surface area contributed by atoms with Crippen molar-refractivity contribution >= 4 is 6.08 Å². The molecular formula is C14H20N2O. The predicted molar refractivity (Wildman–Crippen MR) is 70.1 cm³/mol. The summed E-state index contributed by atoms with van der Waals surface area (Å²) in [5.74, 6) is 0.663. The number of pyridine rings is 1. The summed E-state index contributed by atoms with van der Waals surface area (Å²) in [6.07, 6.45) is 7.81. The molecule has 0 aromatic carbocycles. The van der Waals surface area contributed by atoms with Crippen molar-refractivity contribution in [1.82, 2.24) is 10.3 Å². The number of nitrogens with zero attached hydrogens (tertiary/aromatic N) is 1. The second-order valence-corrected chi connectivity index (χ2v) is 4.45. The summed E-state index contributed by atoms with van der Waals surface area (Å²) in [7, 11) is 1.63. The van der Waals surface area contributed by atoms with Gasteiger partial charge in [-0.2, -0.15) is 0 Å². The molecule has 1 aromatic heterocycles. The second-order valence-electron chi connectivity index (χ2n) is 4.45. The highest BCUT2D eigenvalue weighted by Crippen LogP contribution is 2.19. The Morgan fingerprint density at radius 2 is 2.35 bits per heavy atom. The molecule has 3 heteroatoms. The zero-order valence-corrected chi connectivity index (χ0v) is 10.6. The van der Waals surface area contributed by atoms with Crippen molar-refractivity contribution in [1.29, 1.82) is 0 Å². The third kappa shape index (κ3) is 3.86. The van der Waals surface area contributed by atoms with Crippen molar-refractivity contribution in [3.63, 3.8) is 0 Å². The van der Waals surface area contributed by atoms with E-state index in [1.165, 1.54) is 18.4 Å². The maximum atomic E-state index is 5.04. The number of hydrogen-bond acceptors (Lipinski definition) is 3. The molecule has 0 spiro atoms. The zero-order chi connectivity index (χ0) is 12.1. The van der Waals surface area contributed by atoms with Gasteiger partial charge in [-0.05, 0) is 30.9 Å². The van der Waals surface area contributed by atoms with E-state index in [1.54, 1.807) is 7.11 Å². The fourth-order valence-electron chi connectivity index (χ4n) is 1.67. The summed E-state index contributed by atoms with van der Waals surface area (Å²) in [6.45, 7) is 3.19. The Labute approximate surface area is 103 Å². The highest BCUT2D eigenvalue weighted by molar-refractivity contribution is 5.52. The zero-order valence-electron chi connectivity index (χ0n) is 10.6. The molecule has 3 nitrogen and oxygen atoms in total. The topological polar surface area (TPSA) is 34.1 Å². The minimum atomic E-state index is 0.663.